The maximum Gasteiger partial charge on any atom is 0.236 e. The van der Waals surface area contributed by atoms with E-state index >= 15 is 0 Å². The molecule has 0 radical (unpaired) electrons. The summed E-state index contributed by atoms with van der Waals surface area (Å²) in [5.74, 6) is 0.247. The van der Waals surface area contributed by atoms with Crippen LogP contribution in [-0.4, -0.2) is 30.4 Å². The third-order valence-corrected chi connectivity index (χ3v) is 4.67. The van der Waals surface area contributed by atoms with Gasteiger partial charge in [-0.25, -0.2) is 0 Å². The second-order valence-electron chi connectivity index (χ2n) is 7.74. The molecule has 0 aromatic heterocycles. The Labute approximate surface area is 141 Å². The molecule has 1 N–H and O–H groups in total. The van der Waals surface area contributed by atoms with Gasteiger partial charge in [-0.15, -0.1) is 0 Å². The van der Waals surface area contributed by atoms with Gasteiger partial charge in [0.1, 0.15) is 0 Å². The van der Waals surface area contributed by atoms with Crippen molar-refractivity contribution in [1.82, 2.24) is 10.2 Å². The average molecular weight is 316 g/mol. The van der Waals surface area contributed by atoms with Crippen LogP contribution in [0.15, 0.2) is 30.3 Å². The Balaban J connectivity index is 1.96. The highest BCUT2D eigenvalue weighted by atomic mass is 16.2. The van der Waals surface area contributed by atoms with E-state index in [0.29, 0.717) is 6.54 Å². The van der Waals surface area contributed by atoms with Crippen molar-refractivity contribution in [2.24, 2.45) is 5.41 Å². The average Bonchev–Trinajstić information content (AvgIpc) is 2.46. The third-order valence-electron chi connectivity index (χ3n) is 4.67. The maximum atomic E-state index is 12.6. The molecule has 1 aromatic rings. The summed E-state index contributed by atoms with van der Waals surface area (Å²) in [6.07, 6.45) is 6.12. The Kier molecular flexibility index (Phi) is 6.64. The molecule has 3 nitrogen and oxygen atoms in total. The molecule has 1 heterocycles. The molecule has 0 spiro atoms. The van der Waals surface area contributed by atoms with Crippen molar-refractivity contribution >= 4 is 5.91 Å². The molecule has 3 heteroatoms. The number of hydrogen-bond acceptors (Lipinski definition) is 2. The molecule has 1 aliphatic heterocycles. The number of amides is 1. The second-order valence-corrected chi connectivity index (χ2v) is 7.74. The van der Waals surface area contributed by atoms with Crippen LogP contribution in [-0.2, 0) is 4.79 Å². The van der Waals surface area contributed by atoms with Crippen molar-refractivity contribution in [3.05, 3.63) is 35.9 Å². The Morgan fingerprint density at radius 3 is 2.17 bits per heavy atom. The van der Waals surface area contributed by atoms with Crippen LogP contribution in [0.1, 0.15) is 64.5 Å². The summed E-state index contributed by atoms with van der Waals surface area (Å²) >= 11 is 0. The van der Waals surface area contributed by atoms with Gasteiger partial charge in [0, 0.05) is 19.1 Å². The monoisotopic (exact) mass is 316 g/mol. The normalized spacial score (nSPS) is 18.1. The maximum absolute atomic E-state index is 12.6. The summed E-state index contributed by atoms with van der Waals surface area (Å²) in [6.45, 7) is 8.93. The predicted molar refractivity (Wildman–Crippen MR) is 96.3 cm³/mol. The number of rotatable bonds is 4. The predicted octanol–water partition coefficient (Wildman–Crippen LogP) is 4.16. The largest absolute Gasteiger partial charge is 0.342 e. The fourth-order valence-corrected chi connectivity index (χ4v) is 3.37. The molecule has 0 unspecified atom stereocenters. The fraction of sp³-hybridized carbons (Fsp3) is 0.650. The summed E-state index contributed by atoms with van der Waals surface area (Å²) in [6, 6.07) is 10.6. The molecule has 0 saturated carbocycles. The molecule has 1 aliphatic rings. The van der Waals surface area contributed by atoms with Gasteiger partial charge in [-0.05, 0) is 23.8 Å². The summed E-state index contributed by atoms with van der Waals surface area (Å²) in [7, 11) is 0. The van der Waals surface area contributed by atoms with Gasteiger partial charge in [-0.3, -0.25) is 4.79 Å². The molecule has 1 aromatic carbocycles. The minimum Gasteiger partial charge on any atom is -0.342 e. The molecule has 1 atom stereocenters. The number of likely N-dealkylation sites (tertiary alicyclic amines) is 1. The number of hydrogen-bond donors (Lipinski definition) is 1. The Morgan fingerprint density at radius 2 is 1.61 bits per heavy atom. The van der Waals surface area contributed by atoms with Crippen molar-refractivity contribution in [2.45, 2.75) is 58.9 Å². The van der Waals surface area contributed by atoms with E-state index in [2.05, 4.69) is 55.3 Å². The van der Waals surface area contributed by atoms with E-state index in [1.807, 2.05) is 6.07 Å². The standard InChI is InChI=1S/C20H32N2O/c1-20(2,3)19(17-12-8-7-9-13-17)21-16-18(23)22-14-10-5-4-6-11-15-22/h7-9,12-13,19,21H,4-6,10-11,14-16H2,1-3H3/t19-/m1/s1. The van der Waals surface area contributed by atoms with Gasteiger partial charge in [0.2, 0.25) is 5.91 Å². The number of benzene rings is 1. The third kappa shape index (κ3) is 5.65. The first-order valence-electron chi connectivity index (χ1n) is 9.04. The van der Waals surface area contributed by atoms with Gasteiger partial charge in [-0.2, -0.15) is 0 Å². The van der Waals surface area contributed by atoms with Gasteiger partial charge >= 0.3 is 0 Å². The smallest absolute Gasteiger partial charge is 0.236 e. The van der Waals surface area contributed by atoms with Gasteiger partial charge in [0.25, 0.3) is 0 Å². The quantitative estimate of drug-likeness (QED) is 0.905. The van der Waals surface area contributed by atoms with Gasteiger partial charge < -0.3 is 10.2 Å². The lowest BCUT2D eigenvalue weighted by Crippen LogP contribution is -2.43. The molecule has 0 aliphatic carbocycles. The van der Waals surface area contributed by atoms with Gasteiger partial charge in [-0.1, -0.05) is 70.4 Å². The molecule has 23 heavy (non-hydrogen) atoms. The van der Waals surface area contributed by atoms with Crippen molar-refractivity contribution in [2.75, 3.05) is 19.6 Å². The number of nitrogens with one attached hydrogen (secondary N) is 1. The van der Waals surface area contributed by atoms with Crippen LogP contribution in [0, 0.1) is 5.41 Å². The summed E-state index contributed by atoms with van der Waals surface area (Å²) < 4.78 is 0. The molecule has 1 saturated heterocycles. The van der Waals surface area contributed by atoms with Crippen molar-refractivity contribution in [1.29, 1.82) is 0 Å². The van der Waals surface area contributed by atoms with Gasteiger partial charge in [0.05, 0.1) is 6.54 Å². The van der Waals surface area contributed by atoms with Crippen LogP contribution in [0.5, 0.6) is 0 Å². The second kappa shape index (κ2) is 8.49. The number of carbonyl (C=O) groups is 1. The van der Waals surface area contributed by atoms with E-state index in [1.165, 1.54) is 24.8 Å². The highest BCUT2D eigenvalue weighted by Crippen LogP contribution is 2.32. The van der Waals surface area contributed by atoms with E-state index in [0.717, 1.165) is 25.9 Å². The summed E-state index contributed by atoms with van der Waals surface area (Å²) in [5, 5.41) is 3.52. The Morgan fingerprint density at radius 1 is 1.04 bits per heavy atom. The zero-order valence-electron chi connectivity index (χ0n) is 15.0. The first kappa shape index (κ1) is 18.0. The van der Waals surface area contributed by atoms with Crippen LogP contribution in [0.3, 0.4) is 0 Å². The lowest BCUT2D eigenvalue weighted by atomic mass is 9.82. The minimum atomic E-state index is 0.0674. The van der Waals surface area contributed by atoms with E-state index in [4.69, 9.17) is 0 Å². The molecule has 0 bridgehead atoms. The van der Waals surface area contributed by atoms with Crippen LogP contribution in [0.2, 0.25) is 0 Å². The van der Waals surface area contributed by atoms with Crippen molar-refractivity contribution < 1.29 is 4.79 Å². The summed E-state index contributed by atoms with van der Waals surface area (Å²) in [5.41, 5.74) is 1.32. The number of nitrogens with zero attached hydrogens (tertiary/aromatic N) is 1. The molecule has 128 valence electrons. The van der Waals surface area contributed by atoms with E-state index < -0.39 is 0 Å². The van der Waals surface area contributed by atoms with Crippen LogP contribution < -0.4 is 5.32 Å². The fourth-order valence-electron chi connectivity index (χ4n) is 3.37. The Hall–Kier alpha value is -1.35. The SMILES string of the molecule is CC(C)(C)[C@H](NCC(=O)N1CCCCCCC1)c1ccccc1. The molecular weight excluding hydrogens is 284 g/mol. The highest BCUT2D eigenvalue weighted by Gasteiger charge is 2.27. The van der Waals surface area contributed by atoms with Crippen molar-refractivity contribution in [3.8, 4) is 0 Å². The summed E-state index contributed by atoms with van der Waals surface area (Å²) in [4.78, 5) is 14.6. The Bertz CT molecular complexity index is 470. The van der Waals surface area contributed by atoms with Crippen LogP contribution in [0.25, 0.3) is 0 Å². The van der Waals surface area contributed by atoms with E-state index in [1.54, 1.807) is 0 Å². The zero-order chi connectivity index (χ0) is 16.7. The first-order chi connectivity index (χ1) is 11.0. The van der Waals surface area contributed by atoms with Crippen molar-refractivity contribution in [3.63, 3.8) is 0 Å². The van der Waals surface area contributed by atoms with E-state index in [-0.39, 0.29) is 17.4 Å². The molecule has 1 fully saturated rings. The minimum absolute atomic E-state index is 0.0674. The molecular formula is C20H32N2O. The number of carbonyl (C=O) groups excluding carboxylic acids is 1. The van der Waals surface area contributed by atoms with Gasteiger partial charge in [0.15, 0.2) is 0 Å². The van der Waals surface area contributed by atoms with E-state index in [9.17, 15) is 4.79 Å². The molecule has 2 rings (SSSR count). The first-order valence-corrected chi connectivity index (χ1v) is 9.04. The lowest BCUT2D eigenvalue weighted by molar-refractivity contribution is -0.130. The topological polar surface area (TPSA) is 32.3 Å². The van der Waals surface area contributed by atoms with Crippen LogP contribution in [0.4, 0.5) is 0 Å². The zero-order valence-corrected chi connectivity index (χ0v) is 15.0. The highest BCUT2D eigenvalue weighted by molar-refractivity contribution is 5.78. The van der Waals surface area contributed by atoms with Crippen LogP contribution >= 0.6 is 0 Å². The molecule has 1 amide bonds. The lowest BCUT2D eigenvalue weighted by Gasteiger charge is -2.33.